The Bertz CT molecular complexity index is 482. The van der Waals surface area contributed by atoms with Gasteiger partial charge in [-0.05, 0) is 38.1 Å². The zero-order chi connectivity index (χ0) is 14.0. The summed E-state index contributed by atoms with van der Waals surface area (Å²) >= 11 is 0. The van der Waals surface area contributed by atoms with Crippen LogP contribution in [-0.2, 0) is 9.53 Å². The van der Waals surface area contributed by atoms with E-state index in [2.05, 4.69) is 0 Å². The van der Waals surface area contributed by atoms with Crippen molar-refractivity contribution in [2.45, 2.75) is 32.4 Å². The summed E-state index contributed by atoms with van der Waals surface area (Å²) in [5.74, 6) is -0.337. The molecule has 1 heterocycles. The largest absolute Gasteiger partial charge is 0.459 e. The number of ether oxygens (including phenoxy) is 1. The van der Waals surface area contributed by atoms with Crippen LogP contribution in [0.25, 0.3) is 0 Å². The second kappa shape index (κ2) is 5.40. The molecule has 1 atom stereocenters. The Morgan fingerprint density at radius 2 is 2.00 bits per heavy atom. The van der Waals surface area contributed by atoms with Gasteiger partial charge in [-0.25, -0.2) is 4.79 Å². The minimum absolute atomic E-state index is 0.0185. The van der Waals surface area contributed by atoms with Gasteiger partial charge in [0.2, 0.25) is 5.91 Å². The van der Waals surface area contributed by atoms with Crippen molar-refractivity contribution in [2.75, 3.05) is 11.4 Å². The first-order valence-electron chi connectivity index (χ1n) is 6.34. The Balaban J connectivity index is 2.10. The van der Waals surface area contributed by atoms with E-state index in [-0.39, 0.29) is 24.0 Å². The number of nitrogens with two attached hydrogens (primary N) is 1. The van der Waals surface area contributed by atoms with E-state index in [1.54, 1.807) is 43.0 Å². The molecule has 1 aromatic carbocycles. The lowest BCUT2D eigenvalue weighted by molar-refractivity contribution is -0.117. The molecular weight excluding hydrogens is 244 g/mol. The predicted octanol–water partition coefficient (Wildman–Crippen LogP) is 1.32. The zero-order valence-corrected chi connectivity index (χ0v) is 11.1. The first-order valence-corrected chi connectivity index (χ1v) is 6.34. The second-order valence-electron chi connectivity index (χ2n) is 4.97. The lowest BCUT2D eigenvalue weighted by Crippen LogP contribution is -2.27. The lowest BCUT2D eigenvalue weighted by atomic mass is 10.2. The van der Waals surface area contributed by atoms with Crippen LogP contribution in [-0.4, -0.2) is 30.6 Å². The highest BCUT2D eigenvalue weighted by Crippen LogP contribution is 2.21. The molecule has 0 bridgehead atoms. The van der Waals surface area contributed by atoms with Gasteiger partial charge in [-0.15, -0.1) is 0 Å². The monoisotopic (exact) mass is 262 g/mol. The number of esters is 1. The molecule has 1 aromatic rings. The van der Waals surface area contributed by atoms with E-state index in [9.17, 15) is 9.59 Å². The van der Waals surface area contributed by atoms with Crippen LogP contribution in [0.4, 0.5) is 5.69 Å². The molecule has 0 aliphatic carbocycles. The maximum atomic E-state index is 11.7. The SMILES string of the molecule is CC(C)OC(=O)c1ccc(N2CC(N)CC2=O)cc1. The molecule has 1 aliphatic heterocycles. The Morgan fingerprint density at radius 3 is 2.47 bits per heavy atom. The number of hydrogen-bond donors (Lipinski definition) is 1. The average Bonchev–Trinajstić information content (AvgIpc) is 2.68. The zero-order valence-electron chi connectivity index (χ0n) is 11.1. The van der Waals surface area contributed by atoms with Crippen molar-refractivity contribution < 1.29 is 14.3 Å². The van der Waals surface area contributed by atoms with Gasteiger partial charge in [0.1, 0.15) is 0 Å². The second-order valence-corrected chi connectivity index (χ2v) is 4.97. The summed E-state index contributed by atoms with van der Waals surface area (Å²) in [6.07, 6.45) is 0.224. The van der Waals surface area contributed by atoms with E-state index >= 15 is 0 Å². The van der Waals surface area contributed by atoms with Crippen molar-refractivity contribution in [3.05, 3.63) is 29.8 Å². The molecule has 2 rings (SSSR count). The van der Waals surface area contributed by atoms with Gasteiger partial charge in [0, 0.05) is 24.7 Å². The van der Waals surface area contributed by atoms with E-state index in [0.29, 0.717) is 18.5 Å². The molecule has 19 heavy (non-hydrogen) atoms. The van der Waals surface area contributed by atoms with Crippen LogP contribution in [0.5, 0.6) is 0 Å². The lowest BCUT2D eigenvalue weighted by Gasteiger charge is -2.16. The molecule has 2 N–H and O–H groups in total. The molecule has 0 spiro atoms. The number of hydrogen-bond acceptors (Lipinski definition) is 4. The van der Waals surface area contributed by atoms with Crippen molar-refractivity contribution in [1.29, 1.82) is 0 Å². The van der Waals surface area contributed by atoms with Crippen LogP contribution in [0.1, 0.15) is 30.6 Å². The van der Waals surface area contributed by atoms with Crippen LogP contribution in [0.3, 0.4) is 0 Å². The fraction of sp³-hybridized carbons (Fsp3) is 0.429. The highest BCUT2D eigenvalue weighted by molar-refractivity contribution is 5.97. The number of benzene rings is 1. The maximum absolute atomic E-state index is 11.7. The molecular formula is C14H18N2O3. The van der Waals surface area contributed by atoms with Crippen LogP contribution in [0.2, 0.25) is 0 Å². The van der Waals surface area contributed by atoms with Gasteiger partial charge in [0.25, 0.3) is 0 Å². The number of rotatable bonds is 3. The Morgan fingerprint density at radius 1 is 1.37 bits per heavy atom. The minimum atomic E-state index is -0.356. The van der Waals surface area contributed by atoms with Crippen molar-refractivity contribution in [3.63, 3.8) is 0 Å². The van der Waals surface area contributed by atoms with Crippen LogP contribution >= 0.6 is 0 Å². The van der Waals surface area contributed by atoms with E-state index in [1.165, 1.54) is 0 Å². The number of anilines is 1. The Hall–Kier alpha value is -1.88. The topological polar surface area (TPSA) is 72.6 Å². The highest BCUT2D eigenvalue weighted by atomic mass is 16.5. The molecule has 102 valence electrons. The summed E-state index contributed by atoms with van der Waals surface area (Å²) in [6, 6.07) is 6.70. The number of nitrogens with zero attached hydrogens (tertiary/aromatic N) is 1. The summed E-state index contributed by atoms with van der Waals surface area (Å²) in [5.41, 5.74) is 6.99. The molecule has 0 radical (unpaired) electrons. The molecule has 5 heteroatoms. The third-order valence-electron chi connectivity index (χ3n) is 2.91. The molecule has 1 unspecified atom stereocenters. The molecule has 1 aliphatic rings. The predicted molar refractivity (Wildman–Crippen MR) is 71.9 cm³/mol. The van der Waals surface area contributed by atoms with E-state index in [0.717, 1.165) is 5.69 Å². The van der Waals surface area contributed by atoms with Gasteiger partial charge in [0.05, 0.1) is 11.7 Å². The number of amides is 1. The molecule has 5 nitrogen and oxygen atoms in total. The summed E-state index contributed by atoms with van der Waals surface area (Å²) < 4.78 is 5.10. The highest BCUT2D eigenvalue weighted by Gasteiger charge is 2.28. The third-order valence-corrected chi connectivity index (χ3v) is 2.91. The smallest absolute Gasteiger partial charge is 0.338 e. The van der Waals surface area contributed by atoms with Crippen molar-refractivity contribution in [2.24, 2.45) is 5.73 Å². The van der Waals surface area contributed by atoms with Gasteiger partial charge >= 0.3 is 5.97 Å². The van der Waals surface area contributed by atoms with Gasteiger partial charge < -0.3 is 15.4 Å². The fourth-order valence-electron chi connectivity index (χ4n) is 2.04. The van der Waals surface area contributed by atoms with Gasteiger partial charge in [-0.2, -0.15) is 0 Å². The van der Waals surface area contributed by atoms with Crippen LogP contribution in [0, 0.1) is 0 Å². The van der Waals surface area contributed by atoms with Crippen molar-refractivity contribution >= 4 is 17.6 Å². The molecule has 1 amide bonds. The summed E-state index contributed by atoms with van der Waals surface area (Å²) in [6.45, 7) is 4.13. The fourth-order valence-corrected chi connectivity index (χ4v) is 2.04. The van der Waals surface area contributed by atoms with Gasteiger partial charge in [-0.3, -0.25) is 4.79 Å². The minimum Gasteiger partial charge on any atom is -0.459 e. The summed E-state index contributed by atoms with van der Waals surface area (Å²) in [4.78, 5) is 25.0. The van der Waals surface area contributed by atoms with E-state index < -0.39 is 0 Å². The van der Waals surface area contributed by atoms with E-state index in [4.69, 9.17) is 10.5 Å². The normalized spacial score (nSPS) is 19.1. The standard InChI is InChI=1S/C14H18N2O3/c1-9(2)19-14(18)10-3-5-12(6-4-10)16-8-11(15)7-13(16)17/h3-6,9,11H,7-8,15H2,1-2H3. The molecule has 0 aromatic heterocycles. The van der Waals surface area contributed by atoms with Crippen molar-refractivity contribution in [3.8, 4) is 0 Å². The average molecular weight is 262 g/mol. The van der Waals surface area contributed by atoms with E-state index in [1.807, 2.05) is 0 Å². The quantitative estimate of drug-likeness (QED) is 0.834. The first-order chi connectivity index (χ1) is 8.97. The van der Waals surface area contributed by atoms with Crippen molar-refractivity contribution in [1.82, 2.24) is 0 Å². The molecule has 1 saturated heterocycles. The Labute approximate surface area is 112 Å². The summed E-state index contributed by atoms with van der Waals surface area (Å²) in [7, 11) is 0. The van der Waals surface area contributed by atoms with Crippen LogP contribution in [0.15, 0.2) is 24.3 Å². The third kappa shape index (κ3) is 3.12. The van der Waals surface area contributed by atoms with Crippen LogP contribution < -0.4 is 10.6 Å². The molecule has 0 saturated carbocycles. The first kappa shape index (κ1) is 13.5. The number of carbonyl (C=O) groups is 2. The van der Waals surface area contributed by atoms with Gasteiger partial charge in [0.15, 0.2) is 0 Å². The Kier molecular flexibility index (Phi) is 3.85. The summed E-state index contributed by atoms with van der Waals surface area (Å²) in [5, 5.41) is 0. The molecule has 1 fully saturated rings. The van der Waals surface area contributed by atoms with Gasteiger partial charge in [-0.1, -0.05) is 0 Å². The maximum Gasteiger partial charge on any atom is 0.338 e. The number of carbonyl (C=O) groups excluding carboxylic acids is 2.